The molecule has 1 heterocycles. The molecule has 0 aliphatic rings. The van der Waals surface area contributed by atoms with Gasteiger partial charge in [0.1, 0.15) is 11.6 Å². The molecule has 0 saturated heterocycles. The monoisotopic (exact) mass is 244 g/mol. The fraction of sp³-hybridized carbons (Fsp3) is 0.286. The highest BCUT2D eigenvalue weighted by Crippen LogP contribution is 2.19. The van der Waals surface area contributed by atoms with Gasteiger partial charge >= 0.3 is 0 Å². The normalized spacial score (nSPS) is 10.3. The molecule has 0 aliphatic carbocycles. The van der Waals surface area contributed by atoms with Crippen LogP contribution in [0.3, 0.4) is 0 Å². The van der Waals surface area contributed by atoms with Crippen molar-refractivity contribution in [3.05, 3.63) is 57.8 Å². The van der Waals surface area contributed by atoms with Crippen molar-refractivity contribution in [2.45, 2.75) is 19.8 Å². The van der Waals surface area contributed by atoms with Gasteiger partial charge in [-0.15, -0.1) is 0 Å². The van der Waals surface area contributed by atoms with Crippen molar-refractivity contribution >= 4 is 0 Å². The number of hydrogen-bond acceptors (Lipinski definition) is 3. The van der Waals surface area contributed by atoms with Crippen LogP contribution in [-0.4, -0.2) is 17.1 Å². The molecule has 1 N–H and O–H groups in total. The molecule has 2 rings (SSSR count). The number of H-pyrrole nitrogens is 1. The Kier molecular flexibility index (Phi) is 3.77. The van der Waals surface area contributed by atoms with Crippen LogP contribution in [0.1, 0.15) is 24.0 Å². The van der Waals surface area contributed by atoms with Gasteiger partial charge in [0.15, 0.2) is 0 Å². The summed E-state index contributed by atoms with van der Waals surface area (Å²) in [6.45, 7) is 1.98. The second kappa shape index (κ2) is 5.49. The summed E-state index contributed by atoms with van der Waals surface area (Å²) in [4.78, 5) is 18.7. The third-order valence-corrected chi connectivity index (χ3v) is 2.76. The van der Waals surface area contributed by atoms with E-state index < -0.39 is 0 Å². The number of methoxy groups -OCH3 is 1. The van der Waals surface area contributed by atoms with Crippen molar-refractivity contribution in [3.8, 4) is 5.75 Å². The molecular formula is C14H16N2O2. The number of ether oxygens (including phenoxy) is 1. The average molecular weight is 244 g/mol. The standard InChI is InChI=1S/C14H16N2O2/c1-3-11-9-14(17)16-13(15-11)8-10-6-4-5-7-12(10)18-2/h4-7,9H,3,8H2,1-2H3,(H,15,16,17). The minimum Gasteiger partial charge on any atom is -0.496 e. The number of benzene rings is 1. The number of para-hydroxylation sites is 1. The minimum atomic E-state index is -0.105. The molecule has 2 aromatic rings. The van der Waals surface area contributed by atoms with E-state index in [1.807, 2.05) is 31.2 Å². The number of aromatic amines is 1. The number of nitrogens with zero attached hydrogens (tertiary/aromatic N) is 1. The Bertz CT molecular complexity index is 590. The lowest BCUT2D eigenvalue weighted by Gasteiger charge is -2.08. The minimum absolute atomic E-state index is 0.105. The fourth-order valence-corrected chi connectivity index (χ4v) is 1.86. The Labute approximate surface area is 106 Å². The second-order valence-electron chi connectivity index (χ2n) is 4.03. The first-order valence-corrected chi connectivity index (χ1v) is 5.94. The van der Waals surface area contributed by atoms with Crippen LogP contribution in [0.25, 0.3) is 0 Å². The lowest BCUT2D eigenvalue weighted by atomic mass is 10.1. The molecule has 0 aliphatic heterocycles. The van der Waals surface area contributed by atoms with Crippen molar-refractivity contribution in [3.63, 3.8) is 0 Å². The van der Waals surface area contributed by atoms with Crippen LogP contribution in [0, 0.1) is 0 Å². The highest BCUT2D eigenvalue weighted by atomic mass is 16.5. The number of aromatic nitrogens is 2. The molecule has 0 radical (unpaired) electrons. The summed E-state index contributed by atoms with van der Waals surface area (Å²) in [6, 6.07) is 9.26. The SMILES string of the molecule is CCc1cc(=O)[nH]c(Cc2ccccc2OC)n1. The maximum absolute atomic E-state index is 11.5. The summed E-state index contributed by atoms with van der Waals surface area (Å²) in [5.41, 5.74) is 1.71. The molecule has 1 aromatic carbocycles. The molecule has 0 saturated carbocycles. The van der Waals surface area contributed by atoms with Crippen molar-refractivity contribution in [2.75, 3.05) is 7.11 Å². The van der Waals surface area contributed by atoms with E-state index in [2.05, 4.69) is 9.97 Å². The molecule has 0 atom stereocenters. The smallest absolute Gasteiger partial charge is 0.251 e. The zero-order valence-electron chi connectivity index (χ0n) is 10.6. The first-order valence-electron chi connectivity index (χ1n) is 5.94. The van der Waals surface area contributed by atoms with Crippen LogP contribution >= 0.6 is 0 Å². The van der Waals surface area contributed by atoms with E-state index in [4.69, 9.17) is 4.74 Å². The lowest BCUT2D eigenvalue weighted by molar-refractivity contribution is 0.410. The van der Waals surface area contributed by atoms with Crippen molar-refractivity contribution in [1.29, 1.82) is 0 Å². The Hall–Kier alpha value is -2.10. The van der Waals surface area contributed by atoms with Gasteiger partial charge in [-0.05, 0) is 12.5 Å². The maximum Gasteiger partial charge on any atom is 0.251 e. The molecule has 4 nitrogen and oxygen atoms in total. The Balaban J connectivity index is 2.33. The van der Waals surface area contributed by atoms with Gasteiger partial charge in [-0.1, -0.05) is 25.1 Å². The number of rotatable bonds is 4. The summed E-state index contributed by atoms with van der Waals surface area (Å²) in [5.74, 6) is 1.48. The molecule has 0 bridgehead atoms. The number of hydrogen-bond donors (Lipinski definition) is 1. The summed E-state index contributed by atoms with van der Waals surface area (Å²) in [6.07, 6.45) is 1.32. The van der Waals surface area contributed by atoms with E-state index in [0.29, 0.717) is 12.2 Å². The van der Waals surface area contributed by atoms with Crippen LogP contribution in [0.15, 0.2) is 35.1 Å². The van der Waals surface area contributed by atoms with Gasteiger partial charge < -0.3 is 9.72 Å². The van der Waals surface area contributed by atoms with Crippen molar-refractivity contribution in [2.24, 2.45) is 0 Å². The predicted molar refractivity (Wildman–Crippen MR) is 70.0 cm³/mol. The van der Waals surface area contributed by atoms with Gasteiger partial charge in [0.25, 0.3) is 5.56 Å². The van der Waals surface area contributed by atoms with Crippen LogP contribution in [0.2, 0.25) is 0 Å². The Morgan fingerprint density at radius 2 is 2.11 bits per heavy atom. The van der Waals surface area contributed by atoms with Crippen molar-refractivity contribution < 1.29 is 4.74 Å². The van der Waals surface area contributed by atoms with Gasteiger partial charge in [0.05, 0.1) is 7.11 Å². The van der Waals surface area contributed by atoms with Gasteiger partial charge in [-0.2, -0.15) is 0 Å². The Morgan fingerprint density at radius 3 is 2.83 bits per heavy atom. The van der Waals surface area contributed by atoms with Gasteiger partial charge in [0.2, 0.25) is 0 Å². The van der Waals surface area contributed by atoms with Gasteiger partial charge in [-0.25, -0.2) is 4.98 Å². The maximum atomic E-state index is 11.5. The molecule has 0 unspecified atom stereocenters. The van der Waals surface area contributed by atoms with Crippen LogP contribution in [0.5, 0.6) is 5.75 Å². The van der Waals surface area contributed by atoms with E-state index in [9.17, 15) is 4.79 Å². The van der Waals surface area contributed by atoms with Gasteiger partial charge in [0, 0.05) is 23.7 Å². The first kappa shape index (κ1) is 12.4. The second-order valence-corrected chi connectivity index (χ2v) is 4.03. The van der Waals surface area contributed by atoms with Crippen LogP contribution in [-0.2, 0) is 12.8 Å². The first-order chi connectivity index (χ1) is 8.72. The summed E-state index contributed by atoms with van der Waals surface area (Å²) in [7, 11) is 1.64. The quantitative estimate of drug-likeness (QED) is 0.894. The highest BCUT2D eigenvalue weighted by Gasteiger charge is 2.06. The number of nitrogens with one attached hydrogen (secondary N) is 1. The molecule has 18 heavy (non-hydrogen) atoms. The third kappa shape index (κ3) is 2.77. The molecule has 0 spiro atoms. The van der Waals surface area contributed by atoms with Crippen LogP contribution in [0.4, 0.5) is 0 Å². The zero-order chi connectivity index (χ0) is 13.0. The van der Waals surface area contributed by atoms with E-state index >= 15 is 0 Å². The summed E-state index contributed by atoms with van der Waals surface area (Å²) >= 11 is 0. The molecule has 0 amide bonds. The van der Waals surface area contributed by atoms with E-state index in [-0.39, 0.29) is 5.56 Å². The van der Waals surface area contributed by atoms with Crippen molar-refractivity contribution in [1.82, 2.24) is 9.97 Å². The largest absolute Gasteiger partial charge is 0.496 e. The summed E-state index contributed by atoms with van der Waals surface area (Å²) < 4.78 is 5.28. The topological polar surface area (TPSA) is 55.0 Å². The lowest BCUT2D eigenvalue weighted by Crippen LogP contribution is -2.13. The van der Waals surface area contributed by atoms with E-state index in [1.54, 1.807) is 7.11 Å². The third-order valence-electron chi connectivity index (χ3n) is 2.76. The number of aryl methyl sites for hydroxylation is 1. The fourth-order valence-electron chi connectivity index (χ4n) is 1.86. The molecular weight excluding hydrogens is 228 g/mol. The van der Waals surface area contributed by atoms with E-state index in [1.165, 1.54) is 6.07 Å². The molecule has 94 valence electrons. The molecule has 4 heteroatoms. The van der Waals surface area contributed by atoms with E-state index in [0.717, 1.165) is 23.4 Å². The Morgan fingerprint density at radius 1 is 1.33 bits per heavy atom. The predicted octanol–water partition coefficient (Wildman–Crippen LogP) is 1.93. The molecule has 1 aromatic heterocycles. The molecule has 0 fully saturated rings. The summed E-state index contributed by atoms with van der Waals surface area (Å²) in [5, 5.41) is 0. The van der Waals surface area contributed by atoms with Crippen LogP contribution < -0.4 is 10.3 Å². The average Bonchev–Trinajstić information content (AvgIpc) is 2.38. The highest BCUT2D eigenvalue weighted by molar-refractivity contribution is 5.35. The van der Waals surface area contributed by atoms with Gasteiger partial charge in [-0.3, -0.25) is 4.79 Å². The zero-order valence-corrected chi connectivity index (χ0v) is 10.6.